The highest BCUT2D eigenvalue weighted by molar-refractivity contribution is 5.96. The summed E-state index contributed by atoms with van der Waals surface area (Å²) in [5.74, 6) is -0.355. The van der Waals surface area contributed by atoms with Gasteiger partial charge in [0.2, 0.25) is 0 Å². The number of cyclic esters (lactones) is 1. The van der Waals surface area contributed by atoms with E-state index in [4.69, 9.17) is 14.2 Å². The maximum atomic E-state index is 12.2. The van der Waals surface area contributed by atoms with Gasteiger partial charge in [-0.3, -0.25) is 0 Å². The van der Waals surface area contributed by atoms with E-state index < -0.39 is 24.1 Å². The number of aliphatic hydroxyl groups excluding tert-OH is 1. The van der Waals surface area contributed by atoms with E-state index in [0.717, 1.165) is 5.56 Å². The standard InChI is InChI=1S/C21H20O6/c1-25-18-9-7-15(8-10-18)11-17-12-21(13-22,27-20(17)24)14-26-19(23)16-5-3-2-4-6-16/h2-11,22H,12-14H2,1H3/b17-11+. The molecule has 140 valence electrons. The highest BCUT2D eigenvalue weighted by Gasteiger charge is 2.44. The van der Waals surface area contributed by atoms with Crippen LogP contribution in [0.1, 0.15) is 22.3 Å². The first-order chi connectivity index (χ1) is 13.0. The first-order valence-electron chi connectivity index (χ1n) is 8.46. The van der Waals surface area contributed by atoms with Crippen molar-refractivity contribution >= 4 is 18.0 Å². The molecule has 6 nitrogen and oxygen atoms in total. The number of carbonyl (C=O) groups excluding carboxylic acids is 2. The van der Waals surface area contributed by atoms with Gasteiger partial charge in [-0.1, -0.05) is 30.3 Å². The molecule has 0 bridgehead atoms. The Morgan fingerprint density at radius 3 is 2.52 bits per heavy atom. The molecule has 1 aliphatic rings. The van der Waals surface area contributed by atoms with Gasteiger partial charge in [-0.2, -0.15) is 0 Å². The molecule has 2 aromatic rings. The molecule has 0 saturated carbocycles. The highest BCUT2D eigenvalue weighted by Crippen LogP contribution is 2.32. The van der Waals surface area contributed by atoms with E-state index in [9.17, 15) is 14.7 Å². The van der Waals surface area contributed by atoms with Gasteiger partial charge in [0.25, 0.3) is 0 Å². The molecule has 1 heterocycles. The first-order valence-corrected chi connectivity index (χ1v) is 8.46. The van der Waals surface area contributed by atoms with E-state index in [-0.39, 0.29) is 13.0 Å². The van der Waals surface area contributed by atoms with Crippen molar-refractivity contribution in [3.8, 4) is 5.75 Å². The third-order valence-electron chi connectivity index (χ3n) is 4.30. The second-order valence-corrected chi connectivity index (χ2v) is 6.29. The maximum absolute atomic E-state index is 12.2. The number of carbonyl (C=O) groups is 2. The largest absolute Gasteiger partial charge is 0.497 e. The molecule has 0 radical (unpaired) electrons. The van der Waals surface area contributed by atoms with E-state index >= 15 is 0 Å². The summed E-state index contributed by atoms with van der Waals surface area (Å²) in [4.78, 5) is 24.3. The third-order valence-corrected chi connectivity index (χ3v) is 4.30. The Morgan fingerprint density at radius 2 is 1.89 bits per heavy atom. The molecule has 1 aliphatic heterocycles. The molecule has 27 heavy (non-hydrogen) atoms. The number of benzene rings is 2. The molecule has 1 fully saturated rings. The first kappa shape index (κ1) is 18.7. The highest BCUT2D eigenvalue weighted by atomic mass is 16.6. The molecule has 0 aliphatic carbocycles. The quantitative estimate of drug-likeness (QED) is 0.623. The lowest BCUT2D eigenvalue weighted by Crippen LogP contribution is -2.39. The number of ether oxygens (including phenoxy) is 3. The van der Waals surface area contributed by atoms with Crippen LogP contribution in [-0.2, 0) is 14.3 Å². The van der Waals surface area contributed by atoms with Crippen molar-refractivity contribution in [3.05, 3.63) is 71.3 Å². The van der Waals surface area contributed by atoms with Gasteiger partial charge >= 0.3 is 11.9 Å². The summed E-state index contributed by atoms with van der Waals surface area (Å²) in [7, 11) is 1.58. The zero-order valence-electron chi connectivity index (χ0n) is 14.9. The summed E-state index contributed by atoms with van der Waals surface area (Å²) in [5.41, 5.74) is 0.339. The van der Waals surface area contributed by atoms with Crippen molar-refractivity contribution in [2.45, 2.75) is 12.0 Å². The average Bonchev–Trinajstić information content (AvgIpc) is 3.03. The van der Waals surface area contributed by atoms with E-state index in [1.165, 1.54) is 0 Å². The molecule has 1 atom stereocenters. The van der Waals surface area contributed by atoms with Crippen LogP contribution in [0.5, 0.6) is 5.75 Å². The number of methoxy groups -OCH3 is 1. The van der Waals surface area contributed by atoms with Gasteiger partial charge in [-0.05, 0) is 35.9 Å². The van der Waals surface area contributed by atoms with Crippen LogP contribution < -0.4 is 4.74 Å². The molecular weight excluding hydrogens is 348 g/mol. The monoisotopic (exact) mass is 368 g/mol. The Balaban J connectivity index is 1.70. The van der Waals surface area contributed by atoms with Crippen molar-refractivity contribution < 1.29 is 28.9 Å². The van der Waals surface area contributed by atoms with E-state index in [0.29, 0.717) is 16.9 Å². The van der Waals surface area contributed by atoms with E-state index in [1.807, 2.05) is 12.1 Å². The number of hydrogen-bond acceptors (Lipinski definition) is 6. The van der Waals surface area contributed by atoms with Gasteiger partial charge in [-0.25, -0.2) is 9.59 Å². The summed E-state index contributed by atoms with van der Waals surface area (Å²) in [5, 5.41) is 9.76. The minimum absolute atomic E-state index is 0.149. The fourth-order valence-electron chi connectivity index (χ4n) is 2.80. The molecule has 1 saturated heterocycles. The summed E-state index contributed by atoms with van der Waals surface area (Å²) < 4.78 is 15.7. The summed E-state index contributed by atoms with van der Waals surface area (Å²) in [6.07, 6.45) is 1.84. The van der Waals surface area contributed by atoms with Gasteiger partial charge in [0.05, 0.1) is 19.3 Å². The number of rotatable bonds is 6. The smallest absolute Gasteiger partial charge is 0.338 e. The summed E-state index contributed by atoms with van der Waals surface area (Å²) in [6, 6.07) is 15.7. The van der Waals surface area contributed by atoms with Crippen LogP contribution in [0.3, 0.4) is 0 Å². The SMILES string of the molecule is COc1ccc(/C=C2\CC(CO)(COC(=O)c3ccccc3)OC2=O)cc1. The number of aliphatic hydroxyl groups is 1. The van der Waals surface area contributed by atoms with Crippen molar-refractivity contribution in [2.24, 2.45) is 0 Å². The molecule has 1 unspecified atom stereocenters. The topological polar surface area (TPSA) is 82.1 Å². The molecule has 0 aromatic heterocycles. The Hall–Kier alpha value is -3.12. The van der Waals surface area contributed by atoms with E-state index in [1.54, 1.807) is 55.7 Å². The number of hydrogen-bond donors (Lipinski definition) is 1. The zero-order chi connectivity index (χ0) is 19.3. The van der Waals surface area contributed by atoms with Gasteiger partial charge in [-0.15, -0.1) is 0 Å². The predicted molar refractivity (Wildman–Crippen MR) is 98.2 cm³/mol. The Morgan fingerprint density at radius 1 is 1.19 bits per heavy atom. The van der Waals surface area contributed by atoms with Gasteiger partial charge in [0.1, 0.15) is 12.4 Å². The normalized spacial score (nSPS) is 20.4. The minimum Gasteiger partial charge on any atom is -0.497 e. The average molecular weight is 368 g/mol. The number of esters is 2. The molecule has 0 amide bonds. The Bertz CT molecular complexity index is 841. The van der Waals surface area contributed by atoms with Crippen LogP contribution in [0.15, 0.2) is 60.2 Å². The fraction of sp³-hybridized carbons (Fsp3) is 0.238. The lowest BCUT2D eigenvalue weighted by atomic mass is 9.98. The van der Waals surface area contributed by atoms with Crippen LogP contribution in [-0.4, -0.2) is 43.0 Å². The fourth-order valence-corrected chi connectivity index (χ4v) is 2.80. The molecule has 6 heteroatoms. The van der Waals surface area contributed by atoms with Crippen molar-refractivity contribution in [3.63, 3.8) is 0 Å². The second kappa shape index (κ2) is 8.05. The molecule has 2 aromatic carbocycles. The minimum atomic E-state index is -1.26. The van der Waals surface area contributed by atoms with Crippen LogP contribution in [0.25, 0.3) is 6.08 Å². The van der Waals surface area contributed by atoms with Crippen LogP contribution in [0.2, 0.25) is 0 Å². The predicted octanol–water partition coefficient (Wildman–Crippen LogP) is 2.61. The second-order valence-electron chi connectivity index (χ2n) is 6.29. The lowest BCUT2D eigenvalue weighted by Gasteiger charge is -2.24. The molecule has 0 spiro atoms. The summed E-state index contributed by atoms with van der Waals surface area (Å²) >= 11 is 0. The zero-order valence-corrected chi connectivity index (χ0v) is 14.9. The van der Waals surface area contributed by atoms with Crippen molar-refractivity contribution in [2.75, 3.05) is 20.3 Å². The van der Waals surface area contributed by atoms with Gasteiger partial charge < -0.3 is 19.3 Å². The van der Waals surface area contributed by atoms with Gasteiger partial charge in [0.15, 0.2) is 5.60 Å². The van der Waals surface area contributed by atoms with Gasteiger partial charge in [0, 0.05) is 12.0 Å². The molecular formula is C21H20O6. The lowest BCUT2D eigenvalue weighted by molar-refractivity contribution is -0.154. The summed E-state index contributed by atoms with van der Waals surface area (Å²) in [6.45, 7) is -0.663. The van der Waals surface area contributed by atoms with Crippen LogP contribution in [0, 0.1) is 0 Å². The van der Waals surface area contributed by atoms with E-state index in [2.05, 4.69) is 0 Å². The van der Waals surface area contributed by atoms with Crippen LogP contribution in [0.4, 0.5) is 0 Å². The van der Waals surface area contributed by atoms with Crippen LogP contribution >= 0.6 is 0 Å². The molecule has 1 N–H and O–H groups in total. The Kier molecular flexibility index (Phi) is 5.57. The van der Waals surface area contributed by atoms with Crippen molar-refractivity contribution in [1.82, 2.24) is 0 Å². The van der Waals surface area contributed by atoms with Crippen molar-refractivity contribution in [1.29, 1.82) is 0 Å². The third kappa shape index (κ3) is 4.35. The molecule has 3 rings (SSSR count). The Labute approximate surface area is 157 Å². The maximum Gasteiger partial charge on any atom is 0.338 e.